The molecule has 2 fully saturated rings. The van der Waals surface area contributed by atoms with Crippen molar-refractivity contribution in [3.05, 3.63) is 0 Å². The molecular weight excluding hydrogens is 202 g/mol. The molecule has 0 radical (unpaired) electrons. The van der Waals surface area contributed by atoms with Gasteiger partial charge in [-0.2, -0.15) is 0 Å². The van der Waals surface area contributed by atoms with Crippen LogP contribution in [0.2, 0.25) is 0 Å². The first-order valence-corrected chi connectivity index (χ1v) is 6.65. The summed E-state index contributed by atoms with van der Waals surface area (Å²) >= 11 is 0. The number of carbonyl (C=O) groups is 1. The molecule has 1 aliphatic carbocycles. The predicted molar refractivity (Wildman–Crippen MR) is 63.1 cm³/mol. The maximum absolute atomic E-state index is 12.1. The van der Waals surface area contributed by atoms with Crippen LogP contribution in [0.3, 0.4) is 0 Å². The molecule has 0 bridgehead atoms. The van der Waals surface area contributed by atoms with Crippen LogP contribution in [0.1, 0.15) is 45.4 Å². The van der Waals surface area contributed by atoms with E-state index < -0.39 is 0 Å². The topological polar surface area (TPSA) is 38.3 Å². The molecule has 3 nitrogen and oxygen atoms in total. The van der Waals surface area contributed by atoms with Crippen LogP contribution in [0, 0.1) is 11.3 Å². The lowest BCUT2D eigenvalue weighted by molar-refractivity contribution is -0.157. The van der Waals surface area contributed by atoms with Crippen molar-refractivity contribution in [3.8, 4) is 0 Å². The highest BCUT2D eigenvalue weighted by Gasteiger charge is 2.39. The summed E-state index contributed by atoms with van der Waals surface area (Å²) in [6, 6.07) is 0. The Bertz CT molecular complexity index is 242. The van der Waals surface area contributed by atoms with E-state index in [4.69, 9.17) is 4.74 Å². The van der Waals surface area contributed by atoms with Crippen molar-refractivity contribution in [3.63, 3.8) is 0 Å². The lowest BCUT2D eigenvalue weighted by atomic mass is 9.78. The Morgan fingerprint density at radius 3 is 2.88 bits per heavy atom. The second-order valence-corrected chi connectivity index (χ2v) is 5.28. The summed E-state index contributed by atoms with van der Waals surface area (Å²) in [4.78, 5) is 12.1. The smallest absolute Gasteiger partial charge is 0.313 e. The van der Waals surface area contributed by atoms with Crippen LogP contribution in [0.4, 0.5) is 0 Å². The van der Waals surface area contributed by atoms with Gasteiger partial charge in [-0.15, -0.1) is 0 Å². The molecule has 2 aliphatic rings. The Morgan fingerprint density at radius 2 is 2.31 bits per heavy atom. The van der Waals surface area contributed by atoms with Gasteiger partial charge in [-0.3, -0.25) is 4.79 Å². The van der Waals surface area contributed by atoms with E-state index in [0.717, 1.165) is 44.7 Å². The lowest BCUT2D eigenvalue weighted by Crippen LogP contribution is -2.46. The van der Waals surface area contributed by atoms with E-state index in [1.54, 1.807) is 0 Å². The van der Waals surface area contributed by atoms with Crippen molar-refractivity contribution >= 4 is 5.97 Å². The van der Waals surface area contributed by atoms with Crippen molar-refractivity contribution in [1.29, 1.82) is 0 Å². The highest BCUT2D eigenvalue weighted by molar-refractivity contribution is 5.77. The minimum absolute atomic E-state index is 0.0304. The highest BCUT2D eigenvalue weighted by atomic mass is 16.5. The van der Waals surface area contributed by atoms with E-state index in [1.165, 1.54) is 12.8 Å². The zero-order valence-corrected chi connectivity index (χ0v) is 10.3. The normalized spacial score (nSPS) is 30.1. The summed E-state index contributed by atoms with van der Waals surface area (Å²) in [5.74, 6) is 0.873. The SMILES string of the molecule is CCC1(C(=O)OCCC2CC2)CCCNC1. The van der Waals surface area contributed by atoms with Crippen molar-refractivity contribution in [2.24, 2.45) is 11.3 Å². The average molecular weight is 225 g/mol. The molecule has 1 heterocycles. The fourth-order valence-electron chi connectivity index (χ4n) is 2.47. The molecular formula is C13H23NO2. The van der Waals surface area contributed by atoms with E-state index in [-0.39, 0.29) is 11.4 Å². The van der Waals surface area contributed by atoms with E-state index in [1.807, 2.05) is 0 Å². The van der Waals surface area contributed by atoms with Crippen LogP contribution < -0.4 is 5.32 Å². The van der Waals surface area contributed by atoms with Crippen LogP contribution in [-0.4, -0.2) is 25.7 Å². The molecule has 0 amide bonds. The van der Waals surface area contributed by atoms with Gasteiger partial charge in [0.15, 0.2) is 0 Å². The number of nitrogens with one attached hydrogen (secondary N) is 1. The van der Waals surface area contributed by atoms with Gasteiger partial charge in [0.05, 0.1) is 12.0 Å². The van der Waals surface area contributed by atoms with Gasteiger partial charge in [-0.05, 0) is 38.1 Å². The van der Waals surface area contributed by atoms with E-state index >= 15 is 0 Å². The van der Waals surface area contributed by atoms with Crippen LogP contribution >= 0.6 is 0 Å². The molecule has 16 heavy (non-hydrogen) atoms. The summed E-state index contributed by atoms with van der Waals surface area (Å²) in [7, 11) is 0. The molecule has 1 aliphatic heterocycles. The van der Waals surface area contributed by atoms with E-state index in [0.29, 0.717) is 6.61 Å². The van der Waals surface area contributed by atoms with E-state index in [2.05, 4.69) is 12.2 Å². The minimum Gasteiger partial charge on any atom is -0.465 e. The molecule has 2 rings (SSSR count). The Kier molecular flexibility index (Phi) is 3.85. The summed E-state index contributed by atoms with van der Waals surface area (Å²) in [6.07, 6.45) is 6.70. The summed E-state index contributed by atoms with van der Waals surface area (Å²) in [5, 5.41) is 3.32. The average Bonchev–Trinajstić information content (AvgIpc) is 3.14. The lowest BCUT2D eigenvalue weighted by Gasteiger charge is -2.34. The second-order valence-electron chi connectivity index (χ2n) is 5.28. The number of hydrogen-bond acceptors (Lipinski definition) is 3. The van der Waals surface area contributed by atoms with Crippen molar-refractivity contribution in [1.82, 2.24) is 5.32 Å². The molecule has 92 valence electrons. The van der Waals surface area contributed by atoms with Gasteiger partial charge in [0.25, 0.3) is 0 Å². The number of hydrogen-bond donors (Lipinski definition) is 1. The number of rotatable bonds is 5. The fourth-order valence-corrected chi connectivity index (χ4v) is 2.47. The van der Waals surface area contributed by atoms with Gasteiger partial charge in [0.1, 0.15) is 0 Å². The highest BCUT2D eigenvalue weighted by Crippen LogP contribution is 2.34. The molecule has 1 saturated heterocycles. The maximum Gasteiger partial charge on any atom is 0.313 e. The van der Waals surface area contributed by atoms with Gasteiger partial charge in [0, 0.05) is 6.54 Å². The maximum atomic E-state index is 12.1. The standard InChI is InChI=1S/C13H23NO2/c1-2-13(7-3-8-14-10-13)12(15)16-9-6-11-4-5-11/h11,14H,2-10H2,1H3. The Hall–Kier alpha value is -0.570. The number of piperidine rings is 1. The molecule has 1 saturated carbocycles. The molecule has 1 atom stereocenters. The first-order valence-electron chi connectivity index (χ1n) is 6.65. The summed E-state index contributed by atoms with van der Waals surface area (Å²) in [5.41, 5.74) is -0.234. The first kappa shape index (κ1) is 11.9. The molecule has 0 aromatic heterocycles. The summed E-state index contributed by atoms with van der Waals surface area (Å²) < 4.78 is 5.45. The molecule has 1 unspecified atom stereocenters. The van der Waals surface area contributed by atoms with Gasteiger partial charge < -0.3 is 10.1 Å². The molecule has 0 spiro atoms. The molecule has 1 N–H and O–H groups in total. The van der Waals surface area contributed by atoms with Crippen molar-refractivity contribution in [2.45, 2.75) is 45.4 Å². The fraction of sp³-hybridized carbons (Fsp3) is 0.923. The molecule has 0 aromatic carbocycles. The minimum atomic E-state index is -0.234. The Balaban J connectivity index is 1.79. The molecule has 3 heteroatoms. The van der Waals surface area contributed by atoms with Gasteiger partial charge in [0.2, 0.25) is 0 Å². The van der Waals surface area contributed by atoms with Gasteiger partial charge >= 0.3 is 5.97 Å². The quantitative estimate of drug-likeness (QED) is 0.728. The number of esters is 1. The third-order valence-electron chi connectivity index (χ3n) is 4.04. The monoisotopic (exact) mass is 225 g/mol. The zero-order valence-electron chi connectivity index (χ0n) is 10.3. The Morgan fingerprint density at radius 1 is 1.50 bits per heavy atom. The number of ether oxygens (including phenoxy) is 1. The predicted octanol–water partition coefficient (Wildman–Crippen LogP) is 2.11. The number of carbonyl (C=O) groups excluding carboxylic acids is 1. The third kappa shape index (κ3) is 2.76. The van der Waals surface area contributed by atoms with Crippen molar-refractivity contribution in [2.75, 3.05) is 19.7 Å². The second kappa shape index (κ2) is 5.17. The van der Waals surface area contributed by atoms with Crippen LogP contribution in [-0.2, 0) is 9.53 Å². The van der Waals surface area contributed by atoms with Crippen LogP contribution in [0.25, 0.3) is 0 Å². The van der Waals surface area contributed by atoms with Gasteiger partial charge in [-0.1, -0.05) is 19.8 Å². The van der Waals surface area contributed by atoms with E-state index in [9.17, 15) is 4.79 Å². The van der Waals surface area contributed by atoms with Crippen LogP contribution in [0.15, 0.2) is 0 Å². The van der Waals surface area contributed by atoms with Crippen molar-refractivity contribution < 1.29 is 9.53 Å². The Labute approximate surface area is 97.9 Å². The summed E-state index contributed by atoms with van der Waals surface area (Å²) in [6.45, 7) is 4.56. The van der Waals surface area contributed by atoms with Crippen LogP contribution in [0.5, 0.6) is 0 Å². The van der Waals surface area contributed by atoms with Gasteiger partial charge in [-0.25, -0.2) is 0 Å². The first-order chi connectivity index (χ1) is 7.77. The molecule has 0 aromatic rings. The largest absolute Gasteiger partial charge is 0.465 e. The third-order valence-corrected chi connectivity index (χ3v) is 4.04. The zero-order chi connectivity index (χ0) is 11.4.